The molecule has 0 unspecified atom stereocenters. The molecule has 2 heterocycles. The van der Waals surface area contributed by atoms with E-state index in [0.29, 0.717) is 12.8 Å². The topological polar surface area (TPSA) is 103 Å². The monoisotopic (exact) mass is 437 g/mol. The molecule has 7 nitrogen and oxygen atoms in total. The van der Waals surface area contributed by atoms with E-state index in [4.69, 9.17) is 5.73 Å². The number of halogens is 4. The summed E-state index contributed by atoms with van der Waals surface area (Å²) < 4.78 is 57.1. The summed E-state index contributed by atoms with van der Waals surface area (Å²) in [6, 6.07) is 2.53. The summed E-state index contributed by atoms with van der Waals surface area (Å²) in [7, 11) is 0. The van der Waals surface area contributed by atoms with Crippen molar-refractivity contribution in [3.63, 3.8) is 0 Å². The first-order valence-electron chi connectivity index (χ1n) is 9.93. The Kier molecular flexibility index (Phi) is 4.03. The highest BCUT2D eigenvalue weighted by Gasteiger charge is 2.69. The number of primary amides is 1. The zero-order valence-corrected chi connectivity index (χ0v) is 16.3. The lowest BCUT2D eigenvalue weighted by Crippen LogP contribution is -2.65. The fraction of sp³-hybridized carbons (Fsp3) is 0.500. The molecule has 2 bridgehead atoms. The molecule has 11 heteroatoms. The van der Waals surface area contributed by atoms with Crippen LogP contribution in [0.15, 0.2) is 18.3 Å². The molecule has 0 aromatic carbocycles. The van der Waals surface area contributed by atoms with Crippen LogP contribution in [0.2, 0.25) is 0 Å². The number of nitrogens with one attached hydrogen (secondary N) is 1. The van der Waals surface area contributed by atoms with Gasteiger partial charge in [-0.2, -0.15) is 18.3 Å². The smallest absolute Gasteiger partial charge is 0.364 e. The lowest BCUT2D eigenvalue weighted by Gasteiger charge is -2.65. The van der Waals surface area contributed by atoms with Crippen LogP contribution in [-0.4, -0.2) is 32.2 Å². The van der Waals surface area contributed by atoms with Crippen LogP contribution >= 0.6 is 0 Å². The molecular formula is C20H19F4N5O2. The van der Waals surface area contributed by atoms with Crippen molar-refractivity contribution in [2.24, 2.45) is 11.1 Å². The van der Waals surface area contributed by atoms with Crippen LogP contribution in [0, 0.1) is 5.41 Å². The van der Waals surface area contributed by atoms with E-state index in [2.05, 4.69) is 15.4 Å². The highest BCUT2D eigenvalue weighted by atomic mass is 19.4. The van der Waals surface area contributed by atoms with E-state index in [-0.39, 0.29) is 48.8 Å². The van der Waals surface area contributed by atoms with E-state index in [1.54, 1.807) is 0 Å². The fourth-order valence-electron chi connectivity index (χ4n) is 4.93. The zero-order valence-electron chi connectivity index (χ0n) is 16.3. The van der Waals surface area contributed by atoms with Crippen LogP contribution in [-0.2, 0) is 12.7 Å². The van der Waals surface area contributed by atoms with Crippen molar-refractivity contribution in [1.82, 2.24) is 14.8 Å². The van der Waals surface area contributed by atoms with Crippen LogP contribution in [0.25, 0.3) is 0 Å². The Hall–Kier alpha value is -2.98. The van der Waals surface area contributed by atoms with Crippen LogP contribution in [0.1, 0.15) is 70.3 Å². The van der Waals surface area contributed by atoms with Gasteiger partial charge in [-0.25, -0.2) is 4.39 Å². The molecule has 0 radical (unpaired) electrons. The summed E-state index contributed by atoms with van der Waals surface area (Å²) in [6.07, 6.45) is -1.59. The first-order chi connectivity index (χ1) is 14.5. The van der Waals surface area contributed by atoms with E-state index >= 15 is 0 Å². The molecule has 4 aliphatic rings. The second kappa shape index (κ2) is 6.27. The van der Waals surface area contributed by atoms with Gasteiger partial charge in [0, 0.05) is 24.3 Å². The second-order valence-corrected chi connectivity index (χ2v) is 8.97. The maximum absolute atomic E-state index is 14.0. The minimum Gasteiger partial charge on any atom is -0.364 e. The van der Waals surface area contributed by atoms with Crippen LogP contribution in [0.5, 0.6) is 0 Å². The van der Waals surface area contributed by atoms with Crippen LogP contribution < -0.4 is 11.1 Å². The first-order valence-corrected chi connectivity index (χ1v) is 9.93. The Morgan fingerprint density at radius 2 is 1.94 bits per heavy atom. The maximum Gasteiger partial charge on any atom is 0.420 e. The number of amides is 2. The number of pyridine rings is 1. The Balaban J connectivity index is 1.53. The van der Waals surface area contributed by atoms with E-state index < -0.39 is 40.3 Å². The van der Waals surface area contributed by atoms with E-state index in [9.17, 15) is 27.2 Å². The number of rotatable bonds is 6. The molecule has 4 saturated carbocycles. The van der Waals surface area contributed by atoms with Crippen LogP contribution in [0.3, 0.4) is 0 Å². The maximum atomic E-state index is 14.0. The first kappa shape index (κ1) is 20.0. The molecular weight excluding hydrogens is 418 g/mol. The number of alkyl halides is 4. The van der Waals surface area contributed by atoms with Crippen molar-refractivity contribution in [2.75, 3.05) is 5.32 Å². The predicted molar refractivity (Wildman–Crippen MR) is 100 cm³/mol. The third-order valence-electron chi connectivity index (χ3n) is 6.27. The number of carbonyl (C=O) groups excluding carboxylic acids is 2. The molecule has 0 spiro atoms. The average molecular weight is 437 g/mol. The van der Waals surface area contributed by atoms with Gasteiger partial charge in [0.05, 0.1) is 5.69 Å². The number of nitrogens with zero attached hydrogens (tertiary/aromatic N) is 3. The Morgan fingerprint density at radius 1 is 1.26 bits per heavy atom. The van der Waals surface area contributed by atoms with Crippen molar-refractivity contribution < 1.29 is 27.2 Å². The lowest BCUT2D eigenvalue weighted by molar-refractivity contribution is -0.221. The highest BCUT2D eigenvalue weighted by molar-refractivity contribution is 6.05. The summed E-state index contributed by atoms with van der Waals surface area (Å²) in [5, 5.41) is 6.59. The number of aromatic nitrogens is 3. The molecule has 31 heavy (non-hydrogen) atoms. The van der Waals surface area contributed by atoms with E-state index in [1.807, 2.05) is 0 Å². The number of carbonyl (C=O) groups is 2. The Morgan fingerprint density at radius 3 is 2.48 bits per heavy atom. The van der Waals surface area contributed by atoms with Crippen LogP contribution in [0.4, 0.5) is 23.2 Å². The van der Waals surface area contributed by atoms with Crippen molar-refractivity contribution in [1.29, 1.82) is 0 Å². The molecule has 2 aromatic rings. The van der Waals surface area contributed by atoms with Gasteiger partial charge in [-0.15, -0.1) is 0 Å². The molecule has 0 atom stereocenters. The van der Waals surface area contributed by atoms with Gasteiger partial charge >= 0.3 is 6.18 Å². The van der Waals surface area contributed by atoms with Gasteiger partial charge in [-0.1, -0.05) is 0 Å². The van der Waals surface area contributed by atoms with Crippen molar-refractivity contribution in [3.8, 4) is 0 Å². The number of hydrogen-bond acceptors (Lipinski definition) is 4. The summed E-state index contributed by atoms with van der Waals surface area (Å²) in [5.74, 6) is -2.18. The normalized spacial score (nSPS) is 26.7. The van der Waals surface area contributed by atoms with Crippen molar-refractivity contribution in [3.05, 3.63) is 41.0 Å². The van der Waals surface area contributed by atoms with E-state index in [0.717, 1.165) is 4.68 Å². The average Bonchev–Trinajstić information content (AvgIpc) is 3.39. The predicted octanol–water partition coefficient (Wildman–Crippen LogP) is 3.42. The van der Waals surface area contributed by atoms with Gasteiger partial charge < -0.3 is 11.1 Å². The summed E-state index contributed by atoms with van der Waals surface area (Å²) in [4.78, 5) is 28.1. The Bertz CT molecular complexity index is 1090. The SMILES string of the molecule is NC(=O)c1cc(NC(=O)c2c(C(F)(F)F)c(C3CC3)nn2CC23CC(F)(C2)C3)ccn1. The largest absolute Gasteiger partial charge is 0.420 e. The van der Waals surface area contributed by atoms with Gasteiger partial charge in [0.1, 0.15) is 22.6 Å². The fourth-order valence-corrected chi connectivity index (χ4v) is 4.93. The summed E-state index contributed by atoms with van der Waals surface area (Å²) in [6.45, 7) is 0.0557. The molecule has 0 aliphatic heterocycles. The van der Waals surface area contributed by atoms with Gasteiger partial charge in [-0.05, 0) is 49.7 Å². The highest BCUT2D eigenvalue weighted by Crippen LogP contribution is 2.70. The number of anilines is 1. The standard InChI is InChI=1S/C20H19F4N5O2/c21-19-6-18(7-19,8-19)9-29-15(13(20(22,23)24)14(28-29)10-1-2-10)17(31)27-11-3-4-26-12(5-11)16(25)30/h3-5,10H,1-2,6-9H2,(H2,25,30)(H,26,27,31). The molecule has 2 amide bonds. The minimum atomic E-state index is -4.78. The molecule has 4 fully saturated rings. The number of nitrogens with two attached hydrogens (primary N) is 1. The van der Waals surface area contributed by atoms with Gasteiger partial charge in [0.2, 0.25) is 0 Å². The van der Waals surface area contributed by atoms with Gasteiger partial charge in [-0.3, -0.25) is 19.3 Å². The molecule has 164 valence electrons. The third-order valence-corrected chi connectivity index (χ3v) is 6.27. The van der Waals surface area contributed by atoms with Crippen molar-refractivity contribution in [2.45, 2.75) is 56.4 Å². The zero-order chi connectivity index (χ0) is 22.2. The van der Waals surface area contributed by atoms with Gasteiger partial charge in [0.25, 0.3) is 11.8 Å². The summed E-state index contributed by atoms with van der Waals surface area (Å²) >= 11 is 0. The quantitative estimate of drug-likeness (QED) is 0.676. The van der Waals surface area contributed by atoms with Crippen molar-refractivity contribution >= 4 is 17.5 Å². The molecule has 4 aliphatic carbocycles. The minimum absolute atomic E-state index is 0.0557. The van der Waals surface area contributed by atoms with Gasteiger partial charge in [0.15, 0.2) is 0 Å². The molecule has 6 rings (SSSR count). The lowest BCUT2D eigenvalue weighted by atomic mass is 9.42. The number of hydrogen-bond donors (Lipinski definition) is 2. The third kappa shape index (κ3) is 3.35. The molecule has 2 aromatic heterocycles. The van der Waals surface area contributed by atoms with E-state index in [1.165, 1.54) is 18.3 Å². The molecule has 0 saturated heterocycles. The Labute approximate surface area is 174 Å². The molecule has 3 N–H and O–H groups in total. The second-order valence-electron chi connectivity index (χ2n) is 8.97. The summed E-state index contributed by atoms with van der Waals surface area (Å²) in [5.41, 5.74) is 1.68.